The lowest BCUT2D eigenvalue weighted by Gasteiger charge is -2.11. The number of hydrogen-bond donors (Lipinski definition) is 0. The van der Waals surface area contributed by atoms with Gasteiger partial charge in [-0.15, -0.1) is 0 Å². The van der Waals surface area contributed by atoms with Crippen molar-refractivity contribution in [1.29, 1.82) is 5.26 Å². The van der Waals surface area contributed by atoms with Crippen LogP contribution in [0.3, 0.4) is 0 Å². The van der Waals surface area contributed by atoms with Crippen LogP contribution in [0.5, 0.6) is 0 Å². The molecule has 0 fully saturated rings. The largest absolute Gasteiger partial charge is 0.255 e. The Labute approximate surface area is 79.0 Å². The van der Waals surface area contributed by atoms with Gasteiger partial charge in [0.25, 0.3) is 0 Å². The molecule has 0 saturated heterocycles. The second-order valence-electron chi connectivity index (χ2n) is 2.31. The molecule has 0 radical (unpaired) electrons. The standard InChI is InChI=1S/C7H5N5S/c8-1-2-13-7-5-6(10-3-9-5)11-4-12-7/h3-5H,2H2. The minimum Gasteiger partial charge on any atom is -0.255 e. The van der Waals surface area contributed by atoms with E-state index >= 15 is 0 Å². The molecule has 0 aliphatic carbocycles. The predicted octanol–water partition coefficient (Wildman–Crippen LogP) is 0.493. The van der Waals surface area contributed by atoms with Gasteiger partial charge in [0, 0.05) is 0 Å². The third kappa shape index (κ3) is 1.51. The van der Waals surface area contributed by atoms with E-state index in [1.807, 2.05) is 6.07 Å². The van der Waals surface area contributed by atoms with E-state index in [0.717, 1.165) is 5.04 Å². The van der Waals surface area contributed by atoms with E-state index in [1.165, 1.54) is 24.4 Å². The molecule has 0 N–H and O–H groups in total. The first-order valence-corrected chi connectivity index (χ1v) is 4.59. The summed E-state index contributed by atoms with van der Waals surface area (Å²) < 4.78 is 0. The number of nitrogens with zero attached hydrogens (tertiary/aromatic N) is 5. The van der Waals surface area contributed by atoms with Crippen molar-refractivity contribution in [2.45, 2.75) is 6.04 Å². The lowest BCUT2D eigenvalue weighted by Crippen LogP contribution is -2.25. The molecule has 64 valence electrons. The van der Waals surface area contributed by atoms with Crippen LogP contribution in [0, 0.1) is 11.3 Å². The number of hydrogen-bond acceptors (Lipinski definition) is 6. The van der Waals surface area contributed by atoms with Crippen LogP contribution in [-0.2, 0) is 0 Å². The molecule has 0 spiro atoms. The van der Waals surface area contributed by atoms with Crippen LogP contribution in [0.15, 0.2) is 20.0 Å². The van der Waals surface area contributed by atoms with Gasteiger partial charge in [0.15, 0.2) is 11.9 Å². The molecule has 6 heteroatoms. The zero-order chi connectivity index (χ0) is 9.10. The summed E-state index contributed by atoms with van der Waals surface area (Å²) in [5.74, 6) is 1.04. The average molecular weight is 191 g/mol. The number of nitriles is 1. The first kappa shape index (κ1) is 8.13. The Morgan fingerprint density at radius 3 is 3.23 bits per heavy atom. The quantitative estimate of drug-likeness (QED) is 0.605. The highest BCUT2D eigenvalue weighted by Crippen LogP contribution is 2.17. The van der Waals surface area contributed by atoms with E-state index in [0.29, 0.717) is 11.6 Å². The molecule has 13 heavy (non-hydrogen) atoms. The van der Waals surface area contributed by atoms with Crippen LogP contribution in [-0.4, -0.2) is 35.4 Å². The van der Waals surface area contributed by atoms with Crippen LogP contribution in [0.2, 0.25) is 0 Å². The normalized spacial score (nSPS) is 23.5. The van der Waals surface area contributed by atoms with Crippen molar-refractivity contribution < 1.29 is 0 Å². The Hall–Kier alpha value is -1.48. The van der Waals surface area contributed by atoms with Crippen molar-refractivity contribution in [3.8, 4) is 6.07 Å². The monoisotopic (exact) mass is 191 g/mol. The van der Waals surface area contributed by atoms with Gasteiger partial charge in [0.2, 0.25) is 0 Å². The molecule has 0 aromatic heterocycles. The molecule has 2 aliphatic heterocycles. The molecule has 2 rings (SSSR count). The van der Waals surface area contributed by atoms with Crippen LogP contribution >= 0.6 is 11.8 Å². The highest BCUT2D eigenvalue weighted by Gasteiger charge is 2.25. The first-order valence-electron chi connectivity index (χ1n) is 3.61. The van der Waals surface area contributed by atoms with Crippen molar-refractivity contribution >= 4 is 35.3 Å². The summed E-state index contributed by atoms with van der Waals surface area (Å²) in [4.78, 5) is 16.1. The number of thioether (sulfide) groups is 1. The van der Waals surface area contributed by atoms with Crippen molar-refractivity contribution in [1.82, 2.24) is 0 Å². The molecule has 2 heterocycles. The van der Waals surface area contributed by atoms with Gasteiger partial charge in [0.05, 0.1) is 11.8 Å². The summed E-state index contributed by atoms with van der Waals surface area (Å²) >= 11 is 1.38. The first-order chi connectivity index (χ1) is 6.42. The average Bonchev–Trinajstić information content (AvgIpc) is 2.62. The van der Waals surface area contributed by atoms with E-state index in [2.05, 4.69) is 20.0 Å². The Morgan fingerprint density at radius 2 is 2.38 bits per heavy atom. The highest BCUT2D eigenvalue weighted by atomic mass is 32.2. The topological polar surface area (TPSA) is 73.2 Å². The van der Waals surface area contributed by atoms with E-state index in [9.17, 15) is 0 Å². The van der Waals surface area contributed by atoms with Gasteiger partial charge in [-0.3, -0.25) is 4.99 Å². The Kier molecular flexibility index (Phi) is 2.19. The van der Waals surface area contributed by atoms with Gasteiger partial charge < -0.3 is 0 Å². The molecule has 1 atom stereocenters. The summed E-state index contributed by atoms with van der Waals surface area (Å²) in [5, 5.41) is 9.20. The molecule has 0 bridgehead atoms. The summed E-state index contributed by atoms with van der Waals surface area (Å²) in [6, 6.07) is 1.88. The van der Waals surface area contributed by atoms with Crippen molar-refractivity contribution in [2.24, 2.45) is 20.0 Å². The fraction of sp³-hybridized carbons (Fsp3) is 0.286. The van der Waals surface area contributed by atoms with E-state index in [4.69, 9.17) is 5.26 Å². The minimum atomic E-state index is -0.164. The maximum atomic E-state index is 8.41. The smallest absolute Gasteiger partial charge is 0.163 e. The molecule has 0 saturated carbocycles. The molecule has 2 aliphatic rings. The zero-order valence-electron chi connectivity index (χ0n) is 6.58. The molecule has 0 aromatic rings. The summed E-state index contributed by atoms with van der Waals surface area (Å²) in [7, 11) is 0. The van der Waals surface area contributed by atoms with Crippen molar-refractivity contribution in [2.75, 3.05) is 5.75 Å². The number of fused-ring (bicyclic) bond motifs is 1. The molecular weight excluding hydrogens is 186 g/mol. The minimum absolute atomic E-state index is 0.164. The maximum absolute atomic E-state index is 8.41. The van der Waals surface area contributed by atoms with Gasteiger partial charge in [-0.2, -0.15) is 5.26 Å². The SMILES string of the molecule is N#CCSC1=NC=NC2=NC=NC21. The fourth-order valence-corrected chi connectivity index (χ4v) is 1.67. The molecule has 0 aromatic carbocycles. The van der Waals surface area contributed by atoms with Gasteiger partial charge in [-0.05, 0) is 0 Å². The summed E-state index contributed by atoms with van der Waals surface area (Å²) in [5.41, 5.74) is 0. The van der Waals surface area contributed by atoms with Crippen LogP contribution in [0.1, 0.15) is 0 Å². The summed E-state index contributed by atoms with van der Waals surface area (Å²) in [6.45, 7) is 0. The molecule has 0 amide bonds. The van der Waals surface area contributed by atoms with Gasteiger partial charge in [-0.1, -0.05) is 11.8 Å². The number of amidine groups is 1. The van der Waals surface area contributed by atoms with Gasteiger partial charge in [-0.25, -0.2) is 15.0 Å². The van der Waals surface area contributed by atoms with Crippen LogP contribution in [0.25, 0.3) is 0 Å². The second kappa shape index (κ2) is 3.49. The Morgan fingerprint density at radius 1 is 1.46 bits per heavy atom. The Balaban J connectivity index is 2.15. The Bertz CT molecular complexity index is 373. The fourth-order valence-electron chi connectivity index (χ4n) is 1.01. The zero-order valence-corrected chi connectivity index (χ0v) is 7.40. The van der Waals surface area contributed by atoms with Gasteiger partial charge in [0.1, 0.15) is 17.7 Å². The van der Waals surface area contributed by atoms with Gasteiger partial charge >= 0.3 is 0 Å². The van der Waals surface area contributed by atoms with Crippen LogP contribution < -0.4 is 0 Å². The summed E-state index contributed by atoms with van der Waals surface area (Å²) in [6.07, 6.45) is 2.93. The van der Waals surface area contributed by atoms with Crippen molar-refractivity contribution in [3.05, 3.63) is 0 Å². The number of rotatable bonds is 1. The molecule has 1 unspecified atom stereocenters. The van der Waals surface area contributed by atoms with Crippen molar-refractivity contribution in [3.63, 3.8) is 0 Å². The van der Waals surface area contributed by atoms with Crippen LogP contribution in [0.4, 0.5) is 0 Å². The molecule has 5 nitrogen and oxygen atoms in total. The maximum Gasteiger partial charge on any atom is 0.163 e. The lowest BCUT2D eigenvalue weighted by molar-refractivity contribution is 1.16. The molecular formula is C7H5N5S. The second-order valence-corrected chi connectivity index (χ2v) is 3.31. The predicted molar refractivity (Wildman–Crippen MR) is 53.7 cm³/mol. The third-order valence-corrected chi connectivity index (χ3v) is 2.44. The van der Waals surface area contributed by atoms with E-state index < -0.39 is 0 Å². The van der Waals surface area contributed by atoms with E-state index in [-0.39, 0.29) is 6.04 Å². The lowest BCUT2D eigenvalue weighted by atomic mass is 10.3. The highest BCUT2D eigenvalue weighted by molar-refractivity contribution is 8.14. The number of aliphatic imine (C=N–C) groups is 4. The third-order valence-electron chi connectivity index (χ3n) is 1.54. The van der Waals surface area contributed by atoms with E-state index in [1.54, 1.807) is 0 Å².